The molecule has 1 aromatic rings. The number of phenols is 1. The molecule has 14 nitrogen and oxygen atoms in total. The monoisotopic (exact) mass is 646 g/mol. The lowest BCUT2D eigenvalue weighted by Crippen LogP contribution is -2.63. The van der Waals surface area contributed by atoms with Gasteiger partial charge in [0.2, 0.25) is 11.7 Å². The summed E-state index contributed by atoms with van der Waals surface area (Å²) >= 11 is 6.50. The summed E-state index contributed by atoms with van der Waals surface area (Å²) in [6.45, 7) is 2.03. The second-order valence-electron chi connectivity index (χ2n) is 12.2. The number of halogens is 1. The highest BCUT2D eigenvalue weighted by atomic mass is 35.5. The van der Waals surface area contributed by atoms with Crippen molar-refractivity contribution in [3.8, 4) is 5.75 Å². The molecule has 0 aromatic heterocycles. The van der Waals surface area contributed by atoms with Crippen LogP contribution >= 0.6 is 11.6 Å². The van der Waals surface area contributed by atoms with Crippen LogP contribution in [0.25, 0.3) is 0 Å². The van der Waals surface area contributed by atoms with Crippen LogP contribution in [-0.4, -0.2) is 111 Å². The number of ether oxygens (including phenoxy) is 1. The smallest absolute Gasteiger partial charge is 0.323 e. The molecule has 15 heteroatoms. The predicted molar refractivity (Wildman–Crippen MR) is 159 cm³/mol. The van der Waals surface area contributed by atoms with Crippen molar-refractivity contribution in [1.82, 2.24) is 9.80 Å². The molecule has 242 valence electrons. The summed E-state index contributed by atoms with van der Waals surface area (Å²) in [6, 6.07) is -1.17. The molecule has 5 rings (SSSR count). The van der Waals surface area contributed by atoms with E-state index in [0.29, 0.717) is 24.9 Å². The Balaban J connectivity index is 1.54. The van der Waals surface area contributed by atoms with Gasteiger partial charge < -0.3 is 36.2 Å². The molecule has 0 radical (unpaired) electrons. The zero-order valence-corrected chi connectivity index (χ0v) is 25.8. The predicted octanol–water partition coefficient (Wildman–Crippen LogP) is 0.738. The Bertz CT molecular complexity index is 1600. The maximum absolute atomic E-state index is 14.0. The van der Waals surface area contributed by atoms with Crippen molar-refractivity contribution in [3.63, 3.8) is 0 Å². The number of aliphatic hydroxyl groups is 3. The van der Waals surface area contributed by atoms with Crippen molar-refractivity contribution in [3.05, 3.63) is 44.9 Å². The Morgan fingerprint density at radius 1 is 1.22 bits per heavy atom. The number of phenolic OH excluding ortho intramolecular Hbond substituents is 1. The number of fused-ring (bicyclic) bond motifs is 3. The molecule has 1 aliphatic heterocycles. The van der Waals surface area contributed by atoms with E-state index in [1.807, 2.05) is 0 Å². The van der Waals surface area contributed by atoms with Crippen molar-refractivity contribution in [2.45, 2.75) is 56.3 Å². The Morgan fingerprint density at radius 3 is 2.49 bits per heavy atom. The number of allylic oxidation sites excluding steroid dienone is 1. The zero-order chi connectivity index (χ0) is 33.3. The Hall–Kier alpha value is -3.98. The number of hydrogen-bond acceptors (Lipinski definition) is 12. The minimum absolute atomic E-state index is 0.0427. The van der Waals surface area contributed by atoms with Crippen LogP contribution in [0.2, 0.25) is 5.02 Å². The number of aromatic hydroxyl groups is 1. The summed E-state index contributed by atoms with van der Waals surface area (Å²) in [5.41, 5.74) is 1.09. The fourth-order valence-electron chi connectivity index (χ4n) is 7.41. The molecule has 0 spiro atoms. The lowest BCUT2D eigenvalue weighted by atomic mass is 9.58. The second kappa shape index (κ2) is 11.4. The van der Waals surface area contributed by atoms with Gasteiger partial charge in [0.25, 0.3) is 5.91 Å². The zero-order valence-electron chi connectivity index (χ0n) is 25.1. The minimum atomic E-state index is -2.77. The first-order valence-electron chi connectivity index (χ1n) is 14.4. The molecule has 6 atom stereocenters. The van der Waals surface area contributed by atoms with E-state index in [1.165, 1.54) is 18.1 Å². The average Bonchev–Trinajstić information content (AvgIpc) is 3.45. The van der Waals surface area contributed by atoms with E-state index in [-0.39, 0.29) is 34.7 Å². The summed E-state index contributed by atoms with van der Waals surface area (Å²) in [6.07, 6.45) is 1.14. The summed E-state index contributed by atoms with van der Waals surface area (Å²) < 4.78 is 4.85. The van der Waals surface area contributed by atoms with E-state index in [4.69, 9.17) is 22.1 Å². The number of rotatable bonds is 6. The van der Waals surface area contributed by atoms with Gasteiger partial charge in [0.15, 0.2) is 17.1 Å². The van der Waals surface area contributed by atoms with Crippen LogP contribution in [0.5, 0.6) is 5.75 Å². The summed E-state index contributed by atoms with van der Waals surface area (Å²) in [7, 11) is 4.35. The highest BCUT2D eigenvalue weighted by molar-refractivity contribution is 6.35. The van der Waals surface area contributed by atoms with E-state index < -0.39 is 87.8 Å². The topological polar surface area (TPSA) is 220 Å². The minimum Gasteiger partial charge on any atom is -0.510 e. The third-order valence-corrected chi connectivity index (χ3v) is 9.86. The normalized spacial score (nSPS) is 28.9. The molecule has 3 aliphatic carbocycles. The van der Waals surface area contributed by atoms with Gasteiger partial charge in [-0.3, -0.25) is 33.8 Å². The molecule has 4 unspecified atom stereocenters. The molecule has 0 saturated carbocycles. The number of likely N-dealkylation sites (N-methyl/N-ethyl adjacent to an activating group) is 1. The number of hydrogen-bond donors (Lipinski definition) is 6. The number of methoxy groups -OCH3 is 1. The van der Waals surface area contributed by atoms with Gasteiger partial charge in [-0.1, -0.05) is 11.6 Å². The van der Waals surface area contributed by atoms with E-state index >= 15 is 0 Å². The van der Waals surface area contributed by atoms with Gasteiger partial charge in [-0.15, -0.1) is 0 Å². The van der Waals surface area contributed by atoms with Gasteiger partial charge in [-0.2, -0.15) is 0 Å². The molecule has 1 saturated heterocycles. The van der Waals surface area contributed by atoms with Crippen LogP contribution in [0.1, 0.15) is 42.1 Å². The third-order valence-electron chi connectivity index (χ3n) is 9.56. The molecule has 1 heterocycles. The number of amides is 2. The number of primary amides is 1. The van der Waals surface area contributed by atoms with E-state index in [1.54, 1.807) is 25.9 Å². The van der Waals surface area contributed by atoms with Gasteiger partial charge in [0, 0.05) is 11.5 Å². The number of nitrogens with two attached hydrogens (primary N) is 1. The maximum Gasteiger partial charge on any atom is 0.323 e. The van der Waals surface area contributed by atoms with Crippen LogP contribution in [0.4, 0.5) is 5.69 Å². The number of Topliss-reactive ketones (excluding diaryl/α,β-unsaturated/α-hetero) is 2. The molecular weight excluding hydrogens is 612 g/mol. The van der Waals surface area contributed by atoms with Crippen LogP contribution in [0, 0.1) is 11.8 Å². The highest BCUT2D eigenvalue weighted by Crippen LogP contribution is 2.53. The SMILES string of the molecule is COC(=O)C1CCCN1C(C)C(=O)Nc1c(Cl)cc2c(c1O)C(=O)C1=C(O)[C@@]3(O)C(=O)C(C(N)=O)=C(O)[C@H](N(C)C)C3CC1C2. The van der Waals surface area contributed by atoms with Crippen LogP contribution in [0.3, 0.4) is 0 Å². The summed E-state index contributed by atoms with van der Waals surface area (Å²) in [5, 5.41) is 47.8. The number of anilines is 1. The standard InChI is InChI=1S/C30H35ClN4O10/c1-11(35-7-5-6-16(35)29(43)45-4)28(42)33-20-15(31)10-13-8-12-9-14-21(34(2)3)24(38)19(27(32)41)26(40)30(14,44)25(39)18(12)22(36)17(13)23(20)37/h10-12,14,16,21,37-39,44H,5-9H2,1-4H3,(H2,32,41)(H,33,42)/t11?,12?,14?,16?,21-,30-/m1/s1. The van der Waals surface area contributed by atoms with Gasteiger partial charge in [-0.05, 0) is 70.8 Å². The van der Waals surface area contributed by atoms with E-state index in [9.17, 15) is 44.4 Å². The van der Waals surface area contributed by atoms with Gasteiger partial charge >= 0.3 is 5.97 Å². The Morgan fingerprint density at radius 2 is 1.89 bits per heavy atom. The molecule has 7 N–H and O–H groups in total. The van der Waals surface area contributed by atoms with Crippen molar-refractivity contribution in [2.75, 3.05) is 33.1 Å². The van der Waals surface area contributed by atoms with Crippen LogP contribution < -0.4 is 11.1 Å². The van der Waals surface area contributed by atoms with Gasteiger partial charge in [0.05, 0.1) is 29.8 Å². The number of nitrogens with one attached hydrogen (secondary N) is 1. The molecule has 0 bridgehead atoms. The number of ketones is 2. The van der Waals surface area contributed by atoms with Crippen molar-refractivity contribution < 1.29 is 49.1 Å². The van der Waals surface area contributed by atoms with Crippen molar-refractivity contribution >= 4 is 46.6 Å². The first-order valence-corrected chi connectivity index (χ1v) is 14.8. The van der Waals surface area contributed by atoms with Gasteiger partial charge in [-0.25, -0.2) is 0 Å². The molecule has 2 amide bonds. The Kier molecular flexibility index (Phi) is 8.23. The largest absolute Gasteiger partial charge is 0.510 e. The van der Waals surface area contributed by atoms with Crippen LogP contribution in [0.15, 0.2) is 28.7 Å². The molecular formula is C30H35ClN4O10. The first kappa shape index (κ1) is 32.4. The average molecular weight is 647 g/mol. The van der Waals surface area contributed by atoms with E-state index in [2.05, 4.69) is 5.32 Å². The fraction of sp³-hybridized carbons (Fsp3) is 0.500. The molecule has 1 aromatic carbocycles. The number of likely N-dealkylation sites (tertiary alicyclic amines) is 1. The number of benzene rings is 1. The third kappa shape index (κ3) is 4.78. The highest BCUT2D eigenvalue weighted by Gasteiger charge is 2.63. The molecule has 4 aliphatic rings. The number of carbonyl (C=O) groups excluding carboxylic acids is 5. The molecule has 45 heavy (non-hydrogen) atoms. The van der Waals surface area contributed by atoms with E-state index in [0.717, 1.165) is 0 Å². The van der Waals surface area contributed by atoms with Crippen molar-refractivity contribution in [1.29, 1.82) is 0 Å². The quantitative estimate of drug-likeness (QED) is 0.143. The number of aliphatic hydroxyl groups excluding tert-OH is 2. The van der Waals surface area contributed by atoms with Crippen LogP contribution in [-0.2, 0) is 30.3 Å². The summed E-state index contributed by atoms with van der Waals surface area (Å²) in [4.78, 5) is 68.2. The number of esters is 1. The molecule has 1 fully saturated rings. The van der Waals surface area contributed by atoms with Gasteiger partial charge in [0.1, 0.15) is 28.8 Å². The first-order chi connectivity index (χ1) is 21.1. The van der Waals surface area contributed by atoms with Crippen molar-refractivity contribution in [2.24, 2.45) is 17.6 Å². The lowest BCUT2D eigenvalue weighted by molar-refractivity contribution is -0.149. The number of nitrogens with zero attached hydrogens (tertiary/aromatic N) is 2. The fourth-order valence-corrected chi connectivity index (χ4v) is 7.68. The summed E-state index contributed by atoms with van der Waals surface area (Å²) in [5.74, 6) is -8.93. The maximum atomic E-state index is 14.0. The number of carbonyl (C=O) groups is 5. The lowest BCUT2D eigenvalue weighted by Gasteiger charge is -2.50. The second-order valence-corrected chi connectivity index (χ2v) is 12.6. The Labute approximate surface area is 263 Å².